The van der Waals surface area contributed by atoms with E-state index >= 15 is 0 Å². The van der Waals surface area contributed by atoms with Crippen LogP contribution in [0.25, 0.3) is 0 Å². The van der Waals surface area contributed by atoms with Gasteiger partial charge in [-0.25, -0.2) is 0 Å². The predicted octanol–water partition coefficient (Wildman–Crippen LogP) is 1.13. The summed E-state index contributed by atoms with van der Waals surface area (Å²) in [6, 6.07) is 0.262. The molecule has 7 heteroatoms. The molecule has 0 bridgehead atoms. The summed E-state index contributed by atoms with van der Waals surface area (Å²) in [4.78, 5) is 12.5. The van der Waals surface area contributed by atoms with E-state index in [1.807, 2.05) is 13.8 Å². The summed E-state index contributed by atoms with van der Waals surface area (Å²) in [6.45, 7) is 7.40. The zero-order valence-corrected chi connectivity index (χ0v) is 12.0. The summed E-state index contributed by atoms with van der Waals surface area (Å²) in [5.41, 5.74) is -0.239. The molecule has 3 N–H and O–H groups in total. The lowest BCUT2D eigenvalue weighted by atomic mass is 9.95. The molecule has 0 unspecified atom stereocenters. The van der Waals surface area contributed by atoms with Crippen molar-refractivity contribution in [2.75, 3.05) is 37.4 Å². The van der Waals surface area contributed by atoms with Crippen LogP contribution in [0.4, 0.5) is 11.9 Å². The maximum atomic E-state index is 9.21. The van der Waals surface area contributed by atoms with E-state index in [1.54, 1.807) is 0 Å². The van der Waals surface area contributed by atoms with E-state index in [2.05, 4.69) is 32.5 Å². The second kappa shape index (κ2) is 7.08. The lowest BCUT2D eigenvalue weighted by Crippen LogP contribution is -2.27. The number of aliphatic hydroxyl groups excluding tert-OH is 1. The van der Waals surface area contributed by atoms with Crippen molar-refractivity contribution in [2.24, 2.45) is 5.41 Å². The average Bonchev–Trinajstić information content (AvgIpc) is 2.42. The fourth-order valence-electron chi connectivity index (χ4n) is 1.22. The smallest absolute Gasteiger partial charge is 0.322 e. The Bertz CT molecular complexity index is 398. The third-order valence-electron chi connectivity index (χ3n) is 2.48. The van der Waals surface area contributed by atoms with Crippen molar-refractivity contribution in [1.82, 2.24) is 15.0 Å². The van der Waals surface area contributed by atoms with Crippen LogP contribution in [-0.2, 0) is 0 Å². The Morgan fingerprint density at radius 2 is 1.79 bits per heavy atom. The molecular formula is C12H23N5O2. The minimum atomic E-state index is -0.239. The summed E-state index contributed by atoms with van der Waals surface area (Å²) in [5.74, 6) is 0.921. The van der Waals surface area contributed by atoms with E-state index in [0.717, 1.165) is 13.0 Å². The molecule has 0 saturated carbocycles. The number of nitrogens with zero attached hydrogens (tertiary/aromatic N) is 3. The maximum Gasteiger partial charge on any atom is 0.322 e. The fraction of sp³-hybridized carbons (Fsp3) is 0.750. The minimum Gasteiger partial charge on any atom is -0.467 e. The molecule has 0 aliphatic rings. The van der Waals surface area contributed by atoms with Crippen LogP contribution < -0.4 is 15.4 Å². The van der Waals surface area contributed by atoms with Gasteiger partial charge in [0.05, 0.1) is 7.11 Å². The molecule has 0 aliphatic heterocycles. The lowest BCUT2D eigenvalue weighted by molar-refractivity contribution is 0.170. The Labute approximate surface area is 113 Å². The Hall–Kier alpha value is -1.63. The van der Waals surface area contributed by atoms with Crippen LogP contribution in [0.3, 0.4) is 0 Å². The minimum absolute atomic E-state index is 0.0865. The highest BCUT2D eigenvalue weighted by molar-refractivity contribution is 5.35. The highest BCUT2D eigenvalue weighted by Crippen LogP contribution is 2.16. The van der Waals surface area contributed by atoms with Gasteiger partial charge in [0.15, 0.2) is 0 Å². The van der Waals surface area contributed by atoms with Gasteiger partial charge >= 0.3 is 6.01 Å². The second-order valence-corrected chi connectivity index (χ2v) is 5.07. The first kappa shape index (κ1) is 15.4. The van der Waals surface area contributed by atoms with Crippen molar-refractivity contribution in [3.8, 4) is 6.01 Å². The van der Waals surface area contributed by atoms with E-state index in [4.69, 9.17) is 4.74 Å². The highest BCUT2D eigenvalue weighted by Gasteiger charge is 2.17. The quantitative estimate of drug-likeness (QED) is 0.651. The number of rotatable bonds is 8. The number of aliphatic hydroxyl groups is 1. The van der Waals surface area contributed by atoms with E-state index in [9.17, 15) is 5.11 Å². The summed E-state index contributed by atoms with van der Waals surface area (Å²) in [5, 5.41) is 15.4. The number of hydrogen-bond donors (Lipinski definition) is 3. The molecule has 0 aliphatic carbocycles. The molecule has 19 heavy (non-hydrogen) atoms. The summed E-state index contributed by atoms with van der Waals surface area (Å²) in [7, 11) is 1.51. The normalized spacial score (nSPS) is 11.2. The predicted molar refractivity (Wildman–Crippen MR) is 74.5 cm³/mol. The molecule has 7 nitrogen and oxygen atoms in total. The van der Waals surface area contributed by atoms with Gasteiger partial charge in [0.2, 0.25) is 11.9 Å². The first-order valence-electron chi connectivity index (χ1n) is 6.39. The number of nitrogens with one attached hydrogen (secondary N) is 2. The molecule has 0 aromatic carbocycles. The van der Waals surface area contributed by atoms with E-state index in [0.29, 0.717) is 18.4 Å². The monoisotopic (exact) mass is 269 g/mol. The molecule has 1 aromatic heterocycles. The topological polar surface area (TPSA) is 92.2 Å². The SMILES string of the molecule is CCCNc1nc(NCC(C)(C)CO)nc(OC)n1. The molecular weight excluding hydrogens is 246 g/mol. The first-order valence-corrected chi connectivity index (χ1v) is 6.39. The van der Waals surface area contributed by atoms with Gasteiger partial charge in [-0.1, -0.05) is 20.8 Å². The third kappa shape index (κ3) is 5.25. The molecule has 0 amide bonds. The third-order valence-corrected chi connectivity index (χ3v) is 2.48. The molecule has 0 radical (unpaired) electrons. The second-order valence-electron chi connectivity index (χ2n) is 5.07. The standard InChI is InChI=1S/C12H23N5O2/c1-5-6-13-9-15-10(17-11(16-9)19-4)14-7-12(2,3)8-18/h18H,5-8H2,1-4H3,(H2,13,14,15,16,17). The number of ether oxygens (including phenoxy) is 1. The van der Waals surface area contributed by atoms with Gasteiger partial charge < -0.3 is 20.5 Å². The van der Waals surface area contributed by atoms with E-state index in [1.165, 1.54) is 7.11 Å². The Morgan fingerprint density at radius 3 is 2.32 bits per heavy atom. The van der Waals surface area contributed by atoms with Gasteiger partial charge in [-0.2, -0.15) is 15.0 Å². The summed E-state index contributed by atoms with van der Waals surface area (Å²) in [6.07, 6.45) is 0.980. The molecule has 0 fully saturated rings. The number of hydrogen-bond acceptors (Lipinski definition) is 7. The Balaban J connectivity index is 2.76. The highest BCUT2D eigenvalue weighted by atomic mass is 16.5. The molecule has 0 atom stereocenters. The molecule has 0 saturated heterocycles. The molecule has 0 spiro atoms. The van der Waals surface area contributed by atoms with E-state index < -0.39 is 0 Å². The van der Waals surface area contributed by atoms with Gasteiger partial charge in [0.1, 0.15) is 0 Å². The van der Waals surface area contributed by atoms with Crippen molar-refractivity contribution in [3.05, 3.63) is 0 Å². The molecule has 1 aromatic rings. The van der Waals surface area contributed by atoms with Crippen molar-refractivity contribution >= 4 is 11.9 Å². The van der Waals surface area contributed by atoms with Crippen molar-refractivity contribution in [2.45, 2.75) is 27.2 Å². The van der Waals surface area contributed by atoms with E-state index in [-0.39, 0.29) is 18.0 Å². The van der Waals surface area contributed by atoms with Crippen LogP contribution >= 0.6 is 0 Å². The number of aromatic nitrogens is 3. The van der Waals surface area contributed by atoms with Crippen molar-refractivity contribution in [3.63, 3.8) is 0 Å². The Kier molecular flexibility index (Phi) is 5.75. The lowest BCUT2D eigenvalue weighted by Gasteiger charge is -2.21. The van der Waals surface area contributed by atoms with Crippen LogP contribution in [0, 0.1) is 5.41 Å². The van der Waals surface area contributed by atoms with Gasteiger partial charge in [0.25, 0.3) is 0 Å². The van der Waals surface area contributed by atoms with Crippen molar-refractivity contribution < 1.29 is 9.84 Å². The zero-order valence-electron chi connectivity index (χ0n) is 12.0. The van der Waals surface area contributed by atoms with Crippen molar-refractivity contribution in [1.29, 1.82) is 0 Å². The summed E-state index contributed by atoms with van der Waals surface area (Å²) >= 11 is 0. The van der Waals surface area contributed by atoms with Crippen LogP contribution in [0.15, 0.2) is 0 Å². The first-order chi connectivity index (χ1) is 9.00. The zero-order chi connectivity index (χ0) is 14.3. The number of methoxy groups -OCH3 is 1. The number of anilines is 2. The van der Waals surface area contributed by atoms with Gasteiger partial charge in [-0.15, -0.1) is 0 Å². The molecule has 108 valence electrons. The van der Waals surface area contributed by atoms with Gasteiger partial charge in [0, 0.05) is 25.1 Å². The van der Waals surface area contributed by atoms with Crippen LogP contribution in [0.5, 0.6) is 6.01 Å². The fourth-order valence-corrected chi connectivity index (χ4v) is 1.22. The maximum absolute atomic E-state index is 9.21. The Morgan fingerprint density at radius 1 is 1.16 bits per heavy atom. The van der Waals surface area contributed by atoms with Crippen LogP contribution in [-0.4, -0.2) is 46.9 Å². The van der Waals surface area contributed by atoms with Gasteiger partial charge in [-0.05, 0) is 6.42 Å². The van der Waals surface area contributed by atoms with Crippen LogP contribution in [0.1, 0.15) is 27.2 Å². The molecule has 1 rings (SSSR count). The average molecular weight is 269 g/mol. The largest absolute Gasteiger partial charge is 0.467 e. The van der Waals surface area contributed by atoms with Gasteiger partial charge in [-0.3, -0.25) is 0 Å². The summed E-state index contributed by atoms with van der Waals surface area (Å²) < 4.78 is 5.04. The molecule has 1 heterocycles. The van der Waals surface area contributed by atoms with Crippen LogP contribution in [0.2, 0.25) is 0 Å².